The predicted molar refractivity (Wildman–Crippen MR) is 103 cm³/mol. The van der Waals surface area contributed by atoms with Gasteiger partial charge in [-0.25, -0.2) is 0 Å². The van der Waals surface area contributed by atoms with Crippen molar-refractivity contribution in [1.82, 2.24) is 10.2 Å². The average molecular weight is 346 g/mol. The minimum absolute atomic E-state index is 0.0750. The second-order valence-electron chi connectivity index (χ2n) is 6.53. The number of nitrogens with one attached hydrogen (secondary N) is 1. The molecule has 0 atom stereocenters. The van der Waals surface area contributed by atoms with Crippen LogP contribution in [0.3, 0.4) is 0 Å². The number of ether oxygens (including phenoxy) is 1. The van der Waals surface area contributed by atoms with Gasteiger partial charge in [-0.3, -0.25) is 0 Å². The van der Waals surface area contributed by atoms with Gasteiger partial charge < -0.3 is 10.1 Å². The molecule has 0 spiro atoms. The van der Waals surface area contributed by atoms with E-state index in [0.29, 0.717) is 17.9 Å². The highest BCUT2D eigenvalue weighted by molar-refractivity contribution is 5.88. The first-order valence-corrected chi connectivity index (χ1v) is 8.66. The number of hydrogen-bond donors (Lipinski definition) is 1. The monoisotopic (exact) mass is 346 g/mol. The summed E-state index contributed by atoms with van der Waals surface area (Å²) in [5.41, 5.74) is 3.19. The van der Waals surface area contributed by atoms with E-state index in [0.717, 1.165) is 33.3 Å². The van der Waals surface area contributed by atoms with Crippen molar-refractivity contribution < 1.29 is 4.74 Å². The molecule has 0 saturated heterocycles. The molecular weight excluding hydrogens is 324 g/mol. The van der Waals surface area contributed by atoms with Crippen LogP contribution in [0.1, 0.15) is 36.2 Å². The summed E-state index contributed by atoms with van der Waals surface area (Å²) in [7, 11) is 0. The van der Waals surface area contributed by atoms with Gasteiger partial charge in [-0.2, -0.15) is 10.4 Å². The van der Waals surface area contributed by atoms with Crippen LogP contribution < -0.4 is 10.1 Å². The van der Waals surface area contributed by atoms with Gasteiger partial charge in [0.2, 0.25) is 0 Å². The molecule has 0 amide bonds. The van der Waals surface area contributed by atoms with Crippen molar-refractivity contribution in [3.63, 3.8) is 0 Å². The average Bonchev–Trinajstić information content (AvgIpc) is 2.63. The Morgan fingerprint density at radius 1 is 1.12 bits per heavy atom. The number of hydrogen-bond acceptors (Lipinski definition) is 5. The van der Waals surface area contributed by atoms with Crippen LogP contribution in [0, 0.1) is 25.2 Å². The van der Waals surface area contributed by atoms with Crippen LogP contribution in [-0.4, -0.2) is 16.3 Å². The van der Waals surface area contributed by atoms with E-state index in [9.17, 15) is 5.26 Å². The SMILES string of the molecule is Cc1nnc(NCc2c(OC(C)C)ccc3ccccc23)c(C#N)c1C. The molecule has 0 unspecified atom stereocenters. The maximum atomic E-state index is 9.48. The number of benzene rings is 2. The van der Waals surface area contributed by atoms with Gasteiger partial charge >= 0.3 is 0 Å². The van der Waals surface area contributed by atoms with Crippen LogP contribution in [0.4, 0.5) is 5.82 Å². The van der Waals surface area contributed by atoms with Crippen molar-refractivity contribution in [1.29, 1.82) is 5.26 Å². The molecule has 2 aromatic carbocycles. The van der Waals surface area contributed by atoms with Crippen molar-refractivity contribution in [3.8, 4) is 11.8 Å². The van der Waals surface area contributed by atoms with E-state index < -0.39 is 0 Å². The first-order chi connectivity index (χ1) is 12.5. The minimum Gasteiger partial charge on any atom is -0.491 e. The summed E-state index contributed by atoms with van der Waals surface area (Å²) in [5, 5.41) is 23.3. The third-order valence-corrected chi connectivity index (χ3v) is 4.36. The smallest absolute Gasteiger partial charge is 0.167 e. The fraction of sp³-hybridized carbons (Fsp3) is 0.286. The molecule has 1 N–H and O–H groups in total. The Morgan fingerprint density at radius 2 is 1.88 bits per heavy atom. The molecular formula is C21H22N4O. The van der Waals surface area contributed by atoms with Crippen LogP contribution in [-0.2, 0) is 6.54 Å². The quantitative estimate of drug-likeness (QED) is 0.735. The molecule has 0 aliphatic heterocycles. The molecule has 0 aliphatic rings. The largest absolute Gasteiger partial charge is 0.491 e. The molecule has 0 bridgehead atoms. The normalized spacial score (nSPS) is 10.8. The van der Waals surface area contributed by atoms with Crippen LogP contribution in [0.2, 0.25) is 0 Å². The number of nitrogens with zero attached hydrogens (tertiary/aromatic N) is 3. The van der Waals surface area contributed by atoms with Crippen molar-refractivity contribution in [2.75, 3.05) is 5.32 Å². The topological polar surface area (TPSA) is 70.8 Å². The molecule has 1 aromatic heterocycles. The number of fused-ring (bicyclic) bond motifs is 1. The summed E-state index contributed by atoms with van der Waals surface area (Å²) in [6.45, 7) is 8.25. The van der Waals surface area contributed by atoms with Gasteiger partial charge in [-0.15, -0.1) is 5.10 Å². The Morgan fingerprint density at radius 3 is 2.62 bits per heavy atom. The first-order valence-electron chi connectivity index (χ1n) is 8.66. The number of anilines is 1. The van der Waals surface area contributed by atoms with Crippen LogP contribution in [0.25, 0.3) is 10.8 Å². The van der Waals surface area contributed by atoms with Gasteiger partial charge in [0.15, 0.2) is 5.82 Å². The van der Waals surface area contributed by atoms with E-state index in [1.807, 2.05) is 45.9 Å². The second kappa shape index (κ2) is 7.40. The lowest BCUT2D eigenvalue weighted by Gasteiger charge is -2.17. The third kappa shape index (κ3) is 3.45. The molecule has 1 heterocycles. The summed E-state index contributed by atoms with van der Waals surface area (Å²) in [6, 6.07) is 14.5. The van der Waals surface area contributed by atoms with Gasteiger partial charge in [0, 0.05) is 12.1 Å². The van der Waals surface area contributed by atoms with E-state index in [4.69, 9.17) is 4.74 Å². The molecule has 3 aromatic rings. The molecule has 5 nitrogen and oxygen atoms in total. The van der Waals surface area contributed by atoms with E-state index in [1.165, 1.54) is 0 Å². The second-order valence-corrected chi connectivity index (χ2v) is 6.53. The minimum atomic E-state index is 0.0750. The third-order valence-electron chi connectivity index (χ3n) is 4.36. The van der Waals surface area contributed by atoms with Crippen molar-refractivity contribution >= 4 is 16.6 Å². The fourth-order valence-corrected chi connectivity index (χ4v) is 2.90. The zero-order valence-corrected chi connectivity index (χ0v) is 15.5. The lowest BCUT2D eigenvalue weighted by molar-refractivity contribution is 0.240. The standard InChI is InChI=1S/C21H22N4O/c1-13(2)26-20-10-9-16-7-5-6-8-17(16)19(20)12-23-21-18(11-22)14(3)15(4)24-25-21/h5-10,13H,12H2,1-4H3,(H,23,25). The molecule has 0 radical (unpaired) electrons. The number of nitriles is 1. The zero-order valence-electron chi connectivity index (χ0n) is 15.5. The van der Waals surface area contributed by atoms with Crippen LogP contribution in [0.5, 0.6) is 5.75 Å². The summed E-state index contributed by atoms with van der Waals surface area (Å²) in [5.74, 6) is 1.33. The van der Waals surface area contributed by atoms with Crippen molar-refractivity contribution in [2.24, 2.45) is 0 Å². The maximum Gasteiger partial charge on any atom is 0.167 e. The fourth-order valence-electron chi connectivity index (χ4n) is 2.90. The molecule has 0 fully saturated rings. The van der Waals surface area contributed by atoms with Gasteiger partial charge in [0.25, 0.3) is 0 Å². The predicted octanol–water partition coefficient (Wildman–Crippen LogP) is 4.52. The van der Waals surface area contributed by atoms with Gasteiger partial charge in [0.1, 0.15) is 17.4 Å². The number of aromatic nitrogens is 2. The van der Waals surface area contributed by atoms with Gasteiger partial charge in [-0.05, 0) is 50.1 Å². The number of rotatable bonds is 5. The summed E-state index contributed by atoms with van der Waals surface area (Å²) in [4.78, 5) is 0. The molecule has 26 heavy (non-hydrogen) atoms. The summed E-state index contributed by atoms with van der Waals surface area (Å²) < 4.78 is 6.00. The Balaban J connectivity index is 2.01. The van der Waals surface area contributed by atoms with Crippen molar-refractivity contribution in [2.45, 2.75) is 40.3 Å². The van der Waals surface area contributed by atoms with Crippen molar-refractivity contribution in [3.05, 3.63) is 58.8 Å². The zero-order chi connectivity index (χ0) is 18.7. The van der Waals surface area contributed by atoms with E-state index in [-0.39, 0.29) is 6.10 Å². The molecule has 3 rings (SSSR count). The van der Waals surface area contributed by atoms with E-state index in [2.05, 4.69) is 39.8 Å². The summed E-state index contributed by atoms with van der Waals surface area (Å²) in [6.07, 6.45) is 0.0750. The highest BCUT2D eigenvalue weighted by atomic mass is 16.5. The highest BCUT2D eigenvalue weighted by Gasteiger charge is 2.14. The first kappa shape index (κ1) is 17.7. The Labute approximate surface area is 153 Å². The van der Waals surface area contributed by atoms with E-state index >= 15 is 0 Å². The lowest BCUT2D eigenvalue weighted by Crippen LogP contribution is -2.11. The Kier molecular flexibility index (Phi) is 5.04. The molecule has 0 saturated carbocycles. The van der Waals surface area contributed by atoms with E-state index in [1.54, 1.807) is 0 Å². The summed E-state index contributed by atoms with van der Waals surface area (Å²) >= 11 is 0. The molecule has 5 heteroatoms. The van der Waals surface area contributed by atoms with Crippen LogP contribution >= 0.6 is 0 Å². The van der Waals surface area contributed by atoms with Gasteiger partial charge in [0.05, 0.1) is 11.8 Å². The van der Waals surface area contributed by atoms with Gasteiger partial charge in [-0.1, -0.05) is 30.3 Å². The Bertz CT molecular complexity index is 989. The lowest BCUT2D eigenvalue weighted by atomic mass is 10.0. The van der Waals surface area contributed by atoms with Crippen LogP contribution in [0.15, 0.2) is 36.4 Å². The Hall–Kier alpha value is -3.13. The maximum absolute atomic E-state index is 9.48. The molecule has 132 valence electrons. The molecule has 0 aliphatic carbocycles. The number of aryl methyl sites for hydroxylation is 1. The highest BCUT2D eigenvalue weighted by Crippen LogP contribution is 2.30.